The van der Waals surface area contributed by atoms with E-state index in [0.717, 1.165) is 18.9 Å². The molecule has 0 radical (unpaired) electrons. The van der Waals surface area contributed by atoms with Crippen molar-refractivity contribution in [2.75, 3.05) is 19.6 Å². The molecule has 0 aromatic carbocycles. The molecule has 1 saturated heterocycles. The lowest BCUT2D eigenvalue weighted by molar-refractivity contribution is 0.251. The van der Waals surface area contributed by atoms with Gasteiger partial charge in [0.05, 0.1) is 4.99 Å². The Kier molecular flexibility index (Phi) is 5.87. The molecule has 0 aromatic heterocycles. The maximum absolute atomic E-state index is 5.77. The molecule has 0 saturated carbocycles. The summed E-state index contributed by atoms with van der Waals surface area (Å²) < 4.78 is 0. The first-order chi connectivity index (χ1) is 7.95. The number of thiocarbonyl (C=S) groups is 1. The molecule has 0 aromatic rings. The summed E-state index contributed by atoms with van der Waals surface area (Å²) in [5.41, 5.74) is 5.78. The minimum Gasteiger partial charge on any atom is -0.393 e. The van der Waals surface area contributed by atoms with Crippen molar-refractivity contribution in [1.29, 1.82) is 0 Å². The molecule has 0 aliphatic carbocycles. The highest BCUT2D eigenvalue weighted by atomic mass is 32.1. The first-order valence-corrected chi connectivity index (χ1v) is 7.39. The van der Waals surface area contributed by atoms with E-state index in [0.29, 0.717) is 4.99 Å². The first-order valence-electron chi connectivity index (χ1n) is 6.98. The van der Waals surface area contributed by atoms with Crippen molar-refractivity contribution in [3.05, 3.63) is 0 Å². The Morgan fingerprint density at radius 3 is 2.65 bits per heavy atom. The fourth-order valence-electron chi connectivity index (χ4n) is 2.42. The molecule has 1 rings (SSSR count). The van der Waals surface area contributed by atoms with Gasteiger partial charge < -0.3 is 10.6 Å². The molecule has 2 N–H and O–H groups in total. The minimum atomic E-state index is 0.00575. The van der Waals surface area contributed by atoms with E-state index in [4.69, 9.17) is 18.0 Å². The van der Waals surface area contributed by atoms with E-state index in [9.17, 15) is 0 Å². The van der Waals surface area contributed by atoms with E-state index in [1.54, 1.807) is 0 Å². The summed E-state index contributed by atoms with van der Waals surface area (Å²) in [6.45, 7) is 10.3. The Labute approximate surface area is 112 Å². The van der Waals surface area contributed by atoms with Crippen LogP contribution in [0.1, 0.15) is 52.9 Å². The van der Waals surface area contributed by atoms with Gasteiger partial charge in [-0.3, -0.25) is 0 Å². The molecule has 1 fully saturated rings. The maximum atomic E-state index is 5.77. The molecule has 0 spiro atoms. The van der Waals surface area contributed by atoms with Crippen LogP contribution < -0.4 is 5.73 Å². The highest BCUT2D eigenvalue weighted by Gasteiger charge is 2.23. The Balaban J connectivity index is 2.35. The van der Waals surface area contributed by atoms with E-state index in [-0.39, 0.29) is 5.41 Å². The van der Waals surface area contributed by atoms with Gasteiger partial charge in [0.15, 0.2) is 0 Å². The number of rotatable bonds is 5. The van der Waals surface area contributed by atoms with E-state index in [1.165, 1.54) is 38.8 Å². The summed E-state index contributed by atoms with van der Waals surface area (Å²) >= 11 is 5.12. The lowest BCUT2D eigenvalue weighted by Gasteiger charge is -2.27. The van der Waals surface area contributed by atoms with Gasteiger partial charge in [-0.15, -0.1) is 0 Å². The summed E-state index contributed by atoms with van der Waals surface area (Å²) in [6, 6.07) is 0. The lowest BCUT2D eigenvalue weighted by Crippen LogP contribution is -2.35. The number of nitrogens with zero attached hydrogens (tertiary/aromatic N) is 1. The van der Waals surface area contributed by atoms with Gasteiger partial charge >= 0.3 is 0 Å². The van der Waals surface area contributed by atoms with E-state index in [1.807, 2.05) is 0 Å². The zero-order chi connectivity index (χ0) is 12.9. The molecular weight excluding hydrogens is 228 g/mol. The maximum Gasteiger partial charge on any atom is 0.0784 e. The summed E-state index contributed by atoms with van der Waals surface area (Å²) in [5, 5.41) is 0. The van der Waals surface area contributed by atoms with Gasteiger partial charge in [0, 0.05) is 5.41 Å². The molecular formula is C14H28N2S. The standard InChI is InChI=1S/C14H28N2S/c1-4-12-6-5-9-16(10-7-12)11-8-14(2,3)13(15)17/h12H,4-11H2,1-3H3,(H2,15,17). The van der Waals surface area contributed by atoms with Crippen LogP contribution in [0, 0.1) is 11.3 Å². The van der Waals surface area contributed by atoms with E-state index >= 15 is 0 Å². The largest absolute Gasteiger partial charge is 0.393 e. The van der Waals surface area contributed by atoms with Crippen LogP contribution in [0.3, 0.4) is 0 Å². The Bertz CT molecular complexity index is 251. The third-order valence-corrected chi connectivity index (χ3v) is 4.79. The van der Waals surface area contributed by atoms with Gasteiger partial charge in [-0.2, -0.15) is 0 Å². The predicted octanol–water partition coefficient (Wildman–Crippen LogP) is 3.20. The van der Waals surface area contributed by atoms with Gasteiger partial charge in [0.1, 0.15) is 0 Å². The molecule has 3 heteroatoms. The normalized spacial score (nSPS) is 23.4. The van der Waals surface area contributed by atoms with Crippen molar-refractivity contribution in [1.82, 2.24) is 4.90 Å². The number of hydrogen-bond acceptors (Lipinski definition) is 2. The second kappa shape index (κ2) is 6.69. The fraction of sp³-hybridized carbons (Fsp3) is 0.929. The van der Waals surface area contributed by atoms with Crippen molar-refractivity contribution in [2.24, 2.45) is 17.1 Å². The van der Waals surface area contributed by atoms with Crippen LogP contribution in [-0.2, 0) is 0 Å². The molecule has 1 aliphatic heterocycles. The van der Waals surface area contributed by atoms with Crippen molar-refractivity contribution < 1.29 is 0 Å². The van der Waals surface area contributed by atoms with Gasteiger partial charge in [0.2, 0.25) is 0 Å². The van der Waals surface area contributed by atoms with Crippen LogP contribution in [-0.4, -0.2) is 29.5 Å². The molecule has 0 bridgehead atoms. The van der Waals surface area contributed by atoms with Gasteiger partial charge in [-0.05, 0) is 51.2 Å². The number of likely N-dealkylation sites (tertiary alicyclic amines) is 1. The highest BCUT2D eigenvalue weighted by Crippen LogP contribution is 2.24. The Hall–Kier alpha value is -0.150. The van der Waals surface area contributed by atoms with Crippen molar-refractivity contribution in [3.8, 4) is 0 Å². The quantitative estimate of drug-likeness (QED) is 0.766. The number of nitrogens with two attached hydrogens (primary N) is 1. The highest BCUT2D eigenvalue weighted by molar-refractivity contribution is 7.80. The molecule has 17 heavy (non-hydrogen) atoms. The van der Waals surface area contributed by atoms with Gasteiger partial charge in [-0.1, -0.05) is 39.4 Å². The number of hydrogen-bond donors (Lipinski definition) is 1. The Morgan fingerprint density at radius 2 is 2.06 bits per heavy atom. The monoisotopic (exact) mass is 256 g/mol. The second-order valence-corrected chi connectivity index (χ2v) is 6.48. The average Bonchev–Trinajstić information content (AvgIpc) is 2.51. The van der Waals surface area contributed by atoms with Crippen LogP contribution in [0.2, 0.25) is 0 Å². The molecule has 1 heterocycles. The molecule has 1 aliphatic rings. The van der Waals surface area contributed by atoms with Crippen LogP contribution in [0.25, 0.3) is 0 Å². The van der Waals surface area contributed by atoms with E-state index < -0.39 is 0 Å². The van der Waals surface area contributed by atoms with Crippen LogP contribution in [0.15, 0.2) is 0 Å². The average molecular weight is 256 g/mol. The first kappa shape index (κ1) is 14.9. The zero-order valence-corrected chi connectivity index (χ0v) is 12.5. The topological polar surface area (TPSA) is 29.3 Å². The van der Waals surface area contributed by atoms with Crippen molar-refractivity contribution in [3.63, 3.8) is 0 Å². The SMILES string of the molecule is CCC1CCCN(CCC(C)(C)C(N)=S)CC1. The van der Waals surface area contributed by atoms with Crippen molar-refractivity contribution >= 4 is 17.2 Å². The summed E-state index contributed by atoms with van der Waals surface area (Å²) in [5.74, 6) is 0.948. The molecule has 1 atom stereocenters. The van der Waals surface area contributed by atoms with Crippen LogP contribution in [0.5, 0.6) is 0 Å². The summed E-state index contributed by atoms with van der Waals surface area (Å²) in [6.07, 6.45) is 6.55. The summed E-state index contributed by atoms with van der Waals surface area (Å²) in [7, 11) is 0. The van der Waals surface area contributed by atoms with Gasteiger partial charge in [-0.25, -0.2) is 0 Å². The minimum absolute atomic E-state index is 0.00575. The van der Waals surface area contributed by atoms with Gasteiger partial charge in [0.25, 0.3) is 0 Å². The Morgan fingerprint density at radius 1 is 1.35 bits per heavy atom. The molecule has 100 valence electrons. The van der Waals surface area contributed by atoms with Crippen LogP contribution >= 0.6 is 12.2 Å². The molecule has 0 amide bonds. The second-order valence-electron chi connectivity index (χ2n) is 6.04. The lowest BCUT2D eigenvalue weighted by atomic mass is 9.89. The predicted molar refractivity (Wildman–Crippen MR) is 79.3 cm³/mol. The third-order valence-electron chi connectivity index (χ3n) is 4.24. The summed E-state index contributed by atoms with van der Waals surface area (Å²) in [4.78, 5) is 3.24. The third kappa shape index (κ3) is 4.92. The molecule has 1 unspecified atom stereocenters. The smallest absolute Gasteiger partial charge is 0.0784 e. The zero-order valence-electron chi connectivity index (χ0n) is 11.7. The van der Waals surface area contributed by atoms with E-state index in [2.05, 4.69) is 25.7 Å². The molecule has 2 nitrogen and oxygen atoms in total. The fourth-order valence-corrected chi connectivity index (χ4v) is 2.52. The van der Waals surface area contributed by atoms with Crippen LogP contribution in [0.4, 0.5) is 0 Å². The van der Waals surface area contributed by atoms with Crippen molar-refractivity contribution in [2.45, 2.75) is 52.9 Å².